The Bertz CT molecular complexity index is 1380. The third kappa shape index (κ3) is 7.25. The number of benzene rings is 2. The van der Waals surface area contributed by atoms with Crippen LogP contribution < -0.4 is 19.1 Å². The zero-order valence-corrected chi connectivity index (χ0v) is 27.6. The first-order valence-electron chi connectivity index (χ1n) is 14.5. The van der Waals surface area contributed by atoms with Gasteiger partial charge < -0.3 is 29.1 Å². The molecule has 1 unspecified atom stereocenters. The molecule has 0 aliphatic carbocycles. The van der Waals surface area contributed by atoms with Crippen LogP contribution in [0.3, 0.4) is 0 Å². The van der Waals surface area contributed by atoms with Crippen molar-refractivity contribution >= 4 is 40.3 Å². The number of carbonyl (C=O) groups excluding carboxylic acids is 1. The smallest absolute Gasteiger partial charge is 0.303 e. The fourth-order valence-electron chi connectivity index (χ4n) is 5.76. The molecule has 236 valence electrons. The number of nitrogens with one attached hydrogen (secondary N) is 1. The lowest BCUT2D eigenvalue weighted by Crippen LogP contribution is -2.32. The number of rotatable bonds is 12. The Morgan fingerprint density at radius 1 is 1.12 bits per heavy atom. The van der Waals surface area contributed by atoms with Gasteiger partial charge in [-0.3, -0.25) is 15.0 Å². The Morgan fingerprint density at radius 2 is 1.84 bits per heavy atom. The molecule has 2 aliphatic rings. The molecule has 43 heavy (non-hydrogen) atoms. The lowest BCUT2D eigenvalue weighted by Gasteiger charge is -2.32. The number of aliphatic carboxylic acids is 1. The van der Waals surface area contributed by atoms with E-state index in [0.29, 0.717) is 30.6 Å². The molecular formula is C32H43BrFN3O6. The Kier molecular flexibility index (Phi) is 11.1. The number of carbonyl (C=O) groups is 2. The number of fused-ring (bicyclic) bond motifs is 1. The number of carboxylic acid groups (broad SMARTS) is 1. The van der Waals surface area contributed by atoms with Gasteiger partial charge in [-0.25, -0.2) is 4.39 Å². The second kappa shape index (κ2) is 14.0. The highest BCUT2D eigenvalue weighted by Crippen LogP contribution is 2.43. The summed E-state index contributed by atoms with van der Waals surface area (Å²) >= 11 is 0. The van der Waals surface area contributed by atoms with Gasteiger partial charge in [0.25, 0.3) is 0 Å². The molecule has 0 amide bonds. The van der Waals surface area contributed by atoms with Gasteiger partial charge in [0.2, 0.25) is 0 Å². The number of hydrogen-bond acceptors (Lipinski definition) is 7. The fraction of sp³-hybridized carbons (Fsp3) is 0.531. The number of Topliss-reactive ketones (excluding diaryl/α,β-unsaturated/α-hetero) is 1. The van der Waals surface area contributed by atoms with Crippen LogP contribution >= 0.6 is 17.0 Å². The normalized spacial score (nSPS) is 16.2. The average molecular weight is 665 g/mol. The lowest BCUT2D eigenvalue weighted by molar-refractivity contribution is -0.137. The van der Waals surface area contributed by atoms with Crippen LogP contribution in [0.1, 0.15) is 86.8 Å². The number of anilines is 1. The molecule has 2 aromatic carbocycles. The molecule has 2 aromatic rings. The second-order valence-electron chi connectivity index (χ2n) is 12.1. The van der Waals surface area contributed by atoms with E-state index in [1.54, 1.807) is 11.0 Å². The van der Waals surface area contributed by atoms with E-state index in [4.69, 9.17) is 24.7 Å². The first-order chi connectivity index (χ1) is 19.9. The third-order valence-electron chi connectivity index (χ3n) is 8.03. The number of halogens is 2. The van der Waals surface area contributed by atoms with E-state index >= 15 is 4.39 Å². The molecule has 1 atom stereocenters. The standard InChI is InChI=1S/C32H42FN3O6.BrH/c1-19-10-9-12-36(19)23-15-20(14-22(32(2,3)4)29(23)42-13-8-7-11-26(38)39)24(37)18-35-17-21-16-25(40-5)30(41-6)28(33)27(21)31(35)34;/h14-16,19,34H,7-13,17-18H2,1-6H3,(H,38,39);1H. The van der Waals surface area contributed by atoms with E-state index in [0.717, 1.165) is 36.4 Å². The molecule has 4 rings (SSSR count). The van der Waals surface area contributed by atoms with Crippen molar-refractivity contribution in [3.8, 4) is 17.2 Å². The Labute approximate surface area is 263 Å². The van der Waals surface area contributed by atoms with Gasteiger partial charge in [-0.2, -0.15) is 0 Å². The number of nitrogens with zero attached hydrogens (tertiary/aromatic N) is 2. The Hall–Kier alpha value is -3.34. The summed E-state index contributed by atoms with van der Waals surface area (Å²) in [6.45, 7) is 9.70. The number of hydrogen-bond donors (Lipinski definition) is 2. The second-order valence-corrected chi connectivity index (χ2v) is 12.1. The number of unbranched alkanes of at least 4 members (excludes halogenated alkanes) is 1. The van der Waals surface area contributed by atoms with Gasteiger partial charge in [0.1, 0.15) is 11.6 Å². The zero-order valence-electron chi connectivity index (χ0n) is 25.8. The summed E-state index contributed by atoms with van der Waals surface area (Å²) in [5, 5.41) is 17.7. The van der Waals surface area contributed by atoms with Crippen molar-refractivity contribution in [2.45, 2.75) is 77.8 Å². The topological polar surface area (TPSA) is 112 Å². The predicted octanol–water partition coefficient (Wildman–Crippen LogP) is 6.36. The fourth-order valence-corrected chi connectivity index (χ4v) is 5.76. The molecule has 0 saturated carbocycles. The molecule has 0 bridgehead atoms. The molecular weight excluding hydrogens is 621 g/mol. The van der Waals surface area contributed by atoms with E-state index in [1.165, 1.54) is 14.2 Å². The van der Waals surface area contributed by atoms with Gasteiger partial charge >= 0.3 is 5.97 Å². The van der Waals surface area contributed by atoms with Gasteiger partial charge in [-0.05, 0) is 61.8 Å². The predicted molar refractivity (Wildman–Crippen MR) is 170 cm³/mol. The summed E-state index contributed by atoms with van der Waals surface area (Å²) in [6.07, 6.45) is 3.29. The average Bonchev–Trinajstić information content (AvgIpc) is 3.49. The van der Waals surface area contributed by atoms with Crippen molar-refractivity contribution in [3.63, 3.8) is 0 Å². The monoisotopic (exact) mass is 663 g/mol. The van der Waals surface area contributed by atoms with Crippen LogP contribution in [0.5, 0.6) is 17.2 Å². The summed E-state index contributed by atoms with van der Waals surface area (Å²) in [6, 6.07) is 5.68. The van der Waals surface area contributed by atoms with Crippen LogP contribution in [0, 0.1) is 11.2 Å². The molecule has 0 aromatic heterocycles. The summed E-state index contributed by atoms with van der Waals surface area (Å²) in [4.78, 5) is 28.6. The van der Waals surface area contributed by atoms with Crippen LogP contribution in [-0.2, 0) is 16.8 Å². The van der Waals surface area contributed by atoms with Crippen molar-refractivity contribution in [3.05, 3.63) is 46.3 Å². The zero-order chi connectivity index (χ0) is 30.8. The molecule has 9 nitrogen and oxygen atoms in total. The van der Waals surface area contributed by atoms with Crippen molar-refractivity contribution in [1.29, 1.82) is 5.41 Å². The maximum atomic E-state index is 15.3. The van der Waals surface area contributed by atoms with E-state index < -0.39 is 11.8 Å². The molecule has 0 spiro atoms. The molecule has 1 saturated heterocycles. The number of carboxylic acids is 1. The number of ketones is 1. The van der Waals surface area contributed by atoms with Gasteiger partial charge in [0.15, 0.2) is 23.1 Å². The molecule has 2 heterocycles. The number of amidine groups is 1. The quantitative estimate of drug-likeness (QED) is 0.199. The van der Waals surface area contributed by atoms with Crippen molar-refractivity contribution in [2.24, 2.45) is 0 Å². The summed E-state index contributed by atoms with van der Waals surface area (Å²) in [5.74, 6) is -0.835. The Morgan fingerprint density at radius 3 is 2.42 bits per heavy atom. The minimum absolute atomic E-state index is 0. The molecule has 1 fully saturated rings. The maximum Gasteiger partial charge on any atom is 0.303 e. The van der Waals surface area contributed by atoms with Crippen LogP contribution in [0.4, 0.5) is 10.1 Å². The number of methoxy groups -OCH3 is 2. The highest BCUT2D eigenvalue weighted by Gasteiger charge is 2.34. The van der Waals surface area contributed by atoms with E-state index in [1.807, 2.05) is 12.1 Å². The van der Waals surface area contributed by atoms with Gasteiger partial charge in [-0.1, -0.05) is 20.8 Å². The molecule has 0 radical (unpaired) electrons. The highest BCUT2D eigenvalue weighted by molar-refractivity contribution is 8.93. The van der Waals surface area contributed by atoms with Crippen LogP contribution in [0.2, 0.25) is 0 Å². The highest BCUT2D eigenvalue weighted by atomic mass is 79.9. The van der Waals surface area contributed by atoms with Gasteiger partial charge in [-0.15, -0.1) is 17.0 Å². The molecule has 2 N–H and O–H groups in total. The molecule has 11 heteroatoms. The van der Waals surface area contributed by atoms with Gasteiger partial charge in [0, 0.05) is 36.7 Å². The molecule has 2 aliphatic heterocycles. The maximum absolute atomic E-state index is 15.3. The largest absolute Gasteiger partial charge is 0.493 e. The summed E-state index contributed by atoms with van der Waals surface area (Å²) in [5.41, 5.74) is 2.59. The van der Waals surface area contributed by atoms with Gasteiger partial charge in [0.05, 0.1) is 38.6 Å². The minimum Gasteiger partial charge on any atom is -0.493 e. The summed E-state index contributed by atoms with van der Waals surface area (Å²) in [7, 11) is 2.78. The van der Waals surface area contributed by atoms with Crippen LogP contribution in [-0.4, -0.2) is 67.6 Å². The van der Waals surface area contributed by atoms with Crippen LogP contribution in [0.15, 0.2) is 18.2 Å². The van der Waals surface area contributed by atoms with Crippen molar-refractivity contribution < 1.29 is 33.3 Å². The summed E-state index contributed by atoms with van der Waals surface area (Å²) < 4.78 is 32.1. The van der Waals surface area contributed by atoms with Crippen molar-refractivity contribution in [1.82, 2.24) is 4.90 Å². The van der Waals surface area contributed by atoms with E-state index in [-0.39, 0.29) is 76.6 Å². The Balaban J connectivity index is 0.00000506. The SMILES string of the molecule is Br.COc1cc2c(c(F)c1OC)C(=N)N(CC(=O)c1cc(N3CCCC3C)c(OCCCCC(=O)O)c(C(C)(C)C)c1)C2. The number of ether oxygens (including phenoxy) is 3. The first kappa shape index (κ1) is 34.2. The third-order valence-corrected chi connectivity index (χ3v) is 8.03. The van der Waals surface area contributed by atoms with E-state index in [9.17, 15) is 9.59 Å². The van der Waals surface area contributed by atoms with E-state index in [2.05, 4.69) is 32.6 Å². The minimum atomic E-state index is -0.824. The van der Waals surface area contributed by atoms with Crippen molar-refractivity contribution in [2.75, 3.05) is 38.8 Å². The lowest BCUT2D eigenvalue weighted by atomic mass is 9.84. The van der Waals surface area contributed by atoms with Crippen LogP contribution in [0.25, 0.3) is 0 Å². The first-order valence-corrected chi connectivity index (χ1v) is 14.5.